The minimum atomic E-state index is -0.779. The quantitative estimate of drug-likeness (QED) is 0.694. The Morgan fingerprint density at radius 3 is 3.14 bits per heavy atom. The van der Waals surface area contributed by atoms with E-state index in [-0.39, 0.29) is 5.92 Å². The van der Waals surface area contributed by atoms with Gasteiger partial charge in [-0.1, -0.05) is 6.92 Å². The molecule has 2 rings (SSSR count). The summed E-state index contributed by atoms with van der Waals surface area (Å²) >= 11 is 0. The van der Waals surface area contributed by atoms with Gasteiger partial charge in [0.1, 0.15) is 5.82 Å². The van der Waals surface area contributed by atoms with E-state index >= 15 is 0 Å². The van der Waals surface area contributed by atoms with E-state index in [1.54, 1.807) is 0 Å². The summed E-state index contributed by atoms with van der Waals surface area (Å²) < 4.78 is 1.84. The molecule has 2 heterocycles. The summed E-state index contributed by atoms with van der Waals surface area (Å²) in [7, 11) is 0. The number of fused-ring (bicyclic) bond motifs is 1. The van der Waals surface area contributed by atoms with E-state index in [1.807, 2.05) is 11.5 Å². The maximum atomic E-state index is 10.8. The lowest BCUT2D eigenvalue weighted by atomic mass is 10.1. The molecule has 6 nitrogen and oxygen atoms in total. The monoisotopic (exact) mass is 196 g/mol. The first kappa shape index (κ1) is 8.98. The van der Waals surface area contributed by atoms with Crippen LogP contribution in [0.4, 0.5) is 5.95 Å². The first-order chi connectivity index (χ1) is 6.72. The average Bonchev–Trinajstić information content (AvgIpc) is 2.59. The molecule has 76 valence electrons. The first-order valence-electron chi connectivity index (χ1n) is 4.61. The Balaban J connectivity index is 2.27. The second-order valence-electron chi connectivity index (χ2n) is 3.32. The van der Waals surface area contributed by atoms with Crippen molar-refractivity contribution in [3.63, 3.8) is 0 Å². The number of aromatic nitrogens is 3. The highest BCUT2D eigenvalue weighted by atomic mass is 16.4. The van der Waals surface area contributed by atoms with Gasteiger partial charge >= 0.3 is 5.97 Å². The molecular weight excluding hydrogens is 184 g/mol. The van der Waals surface area contributed by atoms with Crippen molar-refractivity contribution in [3.05, 3.63) is 5.82 Å². The Labute approximate surface area is 80.9 Å². The zero-order chi connectivity index (χ0) is 10.1. The second-order valence-corrected chi connectivity index (χ2v) is 3.32. The summed E-state index contributed by atoms with van der Waals surface area (Å²) in [6, 6.07) is 0. The van der Waals surface area contributed by atoms with E-state index in [9.17, 15) is 4.79 Å². The van der Waals surface area contributed by atoms with Crippen LogP contribution in [-0.2, 0) is 17.8 Å². The topological polar surface area (TPSA) is 80.0 Å². The smallest absolute Gasteiger partial charge is 0.310 e. The summed E-state index contributed by atoms with van der Waals surface area (Å²) in [4.78, 5) is 10.8. The Morgan fingerprint density at radius 2 is 2.50 bits per heavy atom. The third-order valence-electron chi connectivity index (χ3n) is 2.40. The van der Waals surface area contributed by atoms with Crippen LogP contribution in [0.25, 0.3) is 0 Å². The molecule has 0 spiro atoms. The van der Waals surface area contributed by atoms with Gasteiger partial charge in [0.2, 0.25) is 5.95 Å². The minimum Gasteiger partial charge on any atom is -0.481 e. The number of nitrogens with one attached hydrogen (secondary N) is 1. The van der Waals surface area contributed by atoms with Crippen molar-refractivity contribution in [1.82, 2.24) is 14.8 Å². The third-order valence-corrected chi connectivity index (χ3v) is 2.40. The van der Waals surface area contributed by atoms with E-state index < -0.39 is 5.97 Å². The molecule has 14 heavy (non-hydrogen) atoms. The van der Waals surface area contributed by atoms with Crippen molar-refractivity contribution in [3.8, 4) is 0 Å². The maximum absolute atomic E-state index is 10.8. The zero-order valence-electron chi connectivity index (χ0n) is 7.90. The summed E-state index contributed by atoms with van der Waals surface area (Å²) in [5.74, 6) is 0.348. The highest BCUT2D eigenvalue weighted by molar-refractivity contribution is 5.71. The van der Waals surface area contributed by atoms with Gasteiger partial charge < -0.3 is 10.4 Å². The van der Waals surface area contributed by atoms with Crippen LogP contribution in [0, 0.1) is 5.92 Å². The van der Waals surface area contributed by atoms with Gasteiger partial charge in [0, 0.05) is 19.5 Å². The zero-order valence-corrected chi connectivity index (χ0v) is 7.90. The van der Waals surface area contributed by atoms with Gasteiger partial charge in [-0.15, -0.1) is 10.2 Å². The van der Waals surface area contributed by atoms with Crippen molar-refractivity contribution in [1.29, 1.82) is 0 Å². The number of carbonyl (C=O) groups is 1. The van der Waals surface area contributed by atoms with Gasteiger partial charge in [0.15, 0.2) is 0 Å². The van der Waals surface area contributed by atoms with Crippen LogP contribution in [-0.4, -0.2) is 32.4 Å². The van der Waals surface area contributed by atoms with E-state index in [4.69, 9.17) is 5.11 Å². The van der Waals surface area contributed by atoms with Crippen molar-refractivity contribution < 1.29 is 9.90 Å². The van der Waals surface area contributed by atoms with Gasteiger partial charge in [-0.25, -0.2) is 0 Å². The highest BCUT2D eigenvalue weighted by Crippen LogP contribution is 2.17. The molecule has 0 saturated carbocycles. The minimum absolute atomic E-state index is 0.385. The van der Waals surface area contributed by atoms with E-state index in [2.05, 4.69) is 15.5 Å². The number of hydrogen-bond donors (Lipinski definition) is 2. The average molecular weight is 196 g/mol. The number of hydrogen-bond acceptors (Lipinski definition) is 4. The molecular formula is C8H12N4O2. The highest BCUT2D eigenvalue weighted by Gasteiger charge is 2.26. The lowest BCUT2D eigenvalue weighted by Crippen LogP contribution is -2.33. The molecule has 2 N–H and O–H groups in total. The van der Waals surface area contributed by atoms with Gasteiger partial charge in [-0.3, -0.25) is 9.36 Å². The standard InChI is InChI=1S/C8H12N4O2/c1-2-6-10-11-8-9-3-5(7(13)14)4-12(6)8/h5H,2-4H2,1H3,(H,9,11)(H,13,14). The Kier molecular flexibility index (Phi) is 2.11. The summed E-state index contributed by atoms with van der Waals surface area (Å²) in [6.45, 7) is 2.87. The largest absolute Gasteiger partial charge is 0.481 e. The molecule has 1 aliphatic rings. The van der Waals surface area contributed by atoms with Crippen LogP contribution in [0.1, 0.15) is 12.7 Å². The molecule has 0 aliphatic carbocycles. The second kappa shape index (κ2) is 3.28. The van der Waals surface area contributed by atoms with Crippen LogP contribution in [0.3, 0.4) is 0 Å². The molecule has 1 aromatic heterocycles. The molecule has 0 fully saturated rings. The van der Waals surface area contributed by atoms with Crippen LogP contribution in [0.5, 0.6) is 0 Å². The maximum Gasteiger partial charge on any atom is 0.310 e. The third kappa shape index (κ3) is 1.32. The van der Waals surface area contributed by atoms with Crippen LogP contribution >= 0.6 is 0 Å². The number of aryl methyl sites for hydroxylation is 1. The molecule has 0 bridgehead atoms. The number of aliphatic carboxylic acids is 1. The molecule has 1 aliphatic heterocycles. The first-order valence-corrected chi connectivity index (χ1v) is 4.61. The van der Waals surface area contributed by atoms with Crippen LogP contribution in [0.15, 0.2) is 0 Å². The van der Waals surface area contributed by atoms with Crippen molar-refractivity contribution in [2.45, 2.75) is 19.9 Å². The Hall–Kier alpha value is -1.59. The molecule has 0 aromatic carbocycles. The molecule has 1 aromatic rings. The van der Waals surface area contributed by atoms with E-state index in [1.165, 1.54) is 0 Å². The SMILES string of the molecule is CCc1nnc2n1CC(C(=O)O)CN2. The lowest BCUT2D eigenvalue weighted by molar-refractivity contribution is -0.141. The van der Waals surface area contributed by atoms with Gasteiger partial charge in [0.25, 0.3) is 0 Å². The fraction of sp³-hybridized carbons (Fsp3) is 0.625. The molecule has 1 unspecified atom stereocenters. The van der Waals surface area contributed by atoms with Crippen molar-refractivity contribution in [2.24, 2.45) is 5.92 Å². The van der Waals surface area contributed by atoms with Crippen LogP contribution in [0.2, 0.25) is 0 Å². The van der Waals surface area contributed by atoms with Gasteiger partial charge in [-0.05, 0) is 0 Å². The number of carboxylic acids is 1. The Morgan fingerprint density at radius 1 is 1.71 bits per heavy atom. The van der Waals surface area contributed by atoms with Crippen molar-refractivity contribution in [2.75, 3.05) is 11.9 Å². The number of carboxylic acid groups (broad SMARTS) is 1. The number of anilines is 1. The summed E-state index contributed by atoms with van der Waals surface area (Å²) in [5, 5.41) is 19.7. The van der Waals surface area contributed by atoms with Crippen molar-refractivity contribution >= 4 is 11.9 Å². The number of rotatable bonds is 2. The molecule has 0 radical (unpaired) electrons. The summed E-state index contributed by atoms with van der Waals surface area (Å²) in [5.41, 5.74) is 0. The van der Waals surface area contributed by atoms with Crippen LogP contribution < -0.4 is 5.32 Å². The summed E-state index contributed by atoms with van der Waals surface area (Å²) in [6.07, 6.45) is 0.765. The molecule has 0 saturated heterocycles. The normalized spacial score (nSPS) is 19.9. The molecule has 6 heteroatoms. The Bertz CT molecular complexity index is 347. The van der Waals surface area contributed by atoms with Gasteiger partial charge in [-0.2, -0.15) is 0 Å². The van der Waals surface area contributed by atoms with E-state index in [0.29, 0.717) is 19.0 Å². The fourth-order valence-corrected chi connectivity index (χ4v) is 1.58. The lowest BCUT2D eigenvalue weighted by Gasteiger charge is -2.22. The number of nitrogens with zero attached hydrogens (tertiary/aromatic N) is 3. The molecule has 1 atom stereocenters. The fourth-order valence-electron chi connectivity index (χ4n) is 1.58. The predicted octanol–water partition coefficient (Wildman–Crippen LogP) is -0.0332. The van der Waals surface area contributed by atoms with E-state index in [0.717, 1.165) is 12.2 Å². The van der Waals surface area contributed by atoms with Gasteiger partial charge in [0.05, 0.1) is 5.92 Å². The molecule has 0 amide bonds. The predicted molar refractivity (Wildman–Crippen MR) is 49.0 cm³/mol.